The Kier molecular flexibility index (Phi) is 6.36. The second-order valence-electron chi connectivity index (χ2n) is 3.28. The predicted molar refractivity (Wildman–Crippen MR) is 66.2 cm³/mol. The van der Waals surface area contributed by atoms with E-state index in [0.717, 1.165) is 36.3 Å². The fourth-order valence-corrected chi connectivity index (χ4v) is 1.49. The van der Waals surface area contributed by atoms with Crippen LogP contribution in [0.4, 0.5) is 5.69 Å². The summed E-state index contributed by atoms with van der Waals surface area (Å²) in [6.07, 6.45) is 5.89. The summed E-state index contributed by atoms with van der Waals surface area (Å²) in [4.78, 5) is 4.06. The molecule has 1 aromatic rings. The Morgan fingerprint density at radius 2 is 2.27 bits per heavy atom. The normalized spacial score (nSPS) is 10.3. The molecular weight excluding hydrogens is 256 g/mol. The van der Waals surface area contributed by atoms with Gasteiger partial charge in [-0.3, -0.25) is 4.98 Å². The van der Waals surface area contributed by atoms with Crippen LogP contribution in [0, 0.1) is 0 Å². The summed E-state index contributed by atoms with van der Waals surface area (Å²) in [6.45, 7) is 4.58. The van der Waals surface area contributed by atoms with E-state index in [9.17, 15) is 0 Å². The quantitative estimate of drug-likeness (QED) is 0.775. The van der Waals surface area contributed by atoms with Crippen LogP contribution < -0.4 is 5.32 Å². The van der Waals surface area contributed by atoms with Crippen molar-refractivity contribution in [1.29, 1.82) is 0 Å². The van der Waals surface area contributed by atoms with Crippen molar-refractivity contribution in [2.24, 2.45) is 0 Å². The largest absolute Gasteiger partial charge is 0.381 e. The van der Waals surface area contributed by atoms with Gasteiger partial charge in [-0.2, -0.15) is 0 Å². The number of aromatic nitrogens is 1. The van der Waals surface area contributed by atoms with E-state index >= 15 is 0 Å². The van der Waals surface area contributed by atoms with Crippen LogP contribution in [-0.4, -0.2) is 24.7 Å². The molecule has 0 aliphatic rings. The molecule has 0 radical (unpaired) electrons. The van der Waals surface area contributed by atoms with Crippen molar-refractivity contribution in [2.45, 2.75) is 19.8 Å². The van der Waals surface area contributed by atoms with Gasteiger partial charge in [0.05, 0.1) is 18.5 Å². The van der Waals surface area contributed by atoms with E-state index in [1.54, 1.807) is 12.4 Å². The van der Waals surface area contributed by atoms with Crippen LogP contribution in [0.5, 0.6) is 0 Å². The average Bonchev–Trinajstić information content (AvgIpc) is 2.23. The molecular formula is C11H17BrN2O. The first-order valence-corrected chi connectivity index (χ1v) is 6.04. The number of halogens is 1. The molecule has 0 aliphatic heterocycles. The van der Waals surface area contributed by atoms with Gasteiger partial charge in [0, 0.05) is 23.8 Å². The molecule has 1 heterocycles. The third-order valence-corrected chi connectivity index (χ3v) is 2.36. The number of pyridine rings is 1. The van der Waals surface area contributed by atoms with E-state index in [2.05, 4.69) is 33.2 Å². The van der Waals surface area contributed by atoms with Crippen LogP contribution >= 0.6 is 15.9 Å². The first-order chi connectivity index (χ1) is 7.33. The molecule has 0 atom stereocenters. The summed E-state index contributed by atoms with van der Waals surface area (Å²) >= 11 is 3.37. The topological polar surface area (TPSA) is 34.1 Å². The summed E-state index contributed by atoms with van der Waals surface area (Å²) in [6, 6.07) is 2.00. The second-order valence-corrected chi connectivity index (χ2v) is 4.20. The van der Waals surface area contributed by atoms with Crippen molar-refractivity contribution in [3.8, 4) is 0 Å². The lowest BCUT2D eigenvalue weighted by Crippen LogP contribution is -2.10. The van der Waals surface area contributed by atoms with Crippen molar-refractivity contribution in [3.05, 3.63) is 22.9 Å². The van der Waals surface area contributed by atoms with Gasteiger partial charge >= 0.3 is 0 Å². The number of nitrogens with zero attached hydrogens (tertiary/aromatic N) is 1. The van der Waals surface area contributed by atoms with Gasteiger partial charge in [0.25, 0.3) is 0 Å². The minimum Gasteiger partial charge on any atom is -0.381 e. The number of anilines is 1. The first-order valence-electron chi connectivity index (χ1n) is 5.25. The number of ether oxygens (including phenoxy) is 1. The smallest absolute Gasteiger partial charge is 0.0639 e. The fourth-order valence-electron chi connectivity index (χ4n) is 1.12. The van der Waals surface area contributed by atoms with Gasteiger partial charge in [-0.05, 0) is 28.4 Å². The molecule has 0 spiro atoms. The van der Waals surface area contributed by atoms with Crippen LogP contribution in [0.25, 0.3) is 0 Å². The predicted octanol–water partition coefficient (Wildman–Crippen LogP) is 3.07. The zero-order chi connectivity index (χ0) is 10.9. The molecule has 0 saturated carbocycles. The third kappa shape index (κ3) is 5.74. The van der Waals surface area contributed by atoms with Gasteiger partial charge < -0.3 is 10.1 Å². The molecule has 3 nitrogen and oxygen atoms in total. The Morgan fingerprint density at radius 3 is 3.00 bits per heavy atom. The highest BCUT2D eigenvalue weighted by Crippen LogP contribution is 2.12. The van der Waals surface area contributed by atoms with Crippen LogP contribution in [0.15, 0.2) is 22.9 Å². The number of unbranched alkanes of at least 4 members (excludes halogenated alkanes) is 1. The number of hydrogen-bond donors (Lipinski definition) is 1. The van der Waals surface area contributed by atoms with E-state index in [1.165, 1.54) is 6.42 Å². The van der Waals surface area contributed by atoms with E-state index in [4.69, 9.17) is 4.74 Å². The molecule has 0 saturated heterocycles. The zero-order valence-corrected chi connectivity index (χ0v) is 10.6. The minimum atomic E-state index is 0.743. The molecule has 0 bridgehead atoms. The molecule has 0 aliphatic carbocycles. The number of hydrogen-bond acceptors (Lipinski definition) is 3. The lowest BCUT2D eigenvalue weighted by Gasteiger charge is -2.06. The highest BCUT2D eigenvalue weighted by Gasteiger charge is 1.93. The lowest BCUT2D eigenvalue weighted by molar-refractivity contribution is 0.141. The molecule has 0 unspecified atom stereocenters. The lowest BCUT2D eigenvalue weighted by atomic mass is 10.4. The maximum atomic E-state index is 5.43. The van der Waals surface area contributed by atoms with Crippen LogP contribution in [0.2, 0.25) is 0 Å². The van der Waals surface area contributed by atoms with Crippen LogP contribution in [0.1, 0.15) is 19.8 Å². The minimum absolute atomic E-state index is 0.743. The van der Waals surface area contributed by atoms with Gasteiger partial charge in [-0.25, -0.2) is 0 Å². The summed E-state index contributed by atoms with van der Waals surface area (Å²) < 4.78 is 6.42. The fraction of sp³-hybridized carbons (Fsp3) is 0.545. The standard InChI is InChI=1S/C11H17BrN2O/c1-2-3-5-15-6-4-14-11-7-10(12)8-13-9-11/h7-9,14H,2-6H2,1H3. The molecule has 4 heteroatoms. The van der Waals surface area contributed by atoms with Crippen molar-refractivity contribution in [2.75, 3.05) is 25.1 Å². The molecule has 1 rings (SSSR count). The number of nitrogens with one attached hydrogen (secondary N) is 1. The van der Waals surface area contributed by atoms with Crippen molar-refractivity contribution in [1.82, 2.24) is 4.98 Å². The Balaban J connectivity index is 2.10. The first kappa shape index (κ1) is 12.5. The Bertz CT molecular complexity index is 281. The Morgan fingerprint density at radius 1 is 1.40 bits per heavy atom. The van der Waals surface area contributed by atoms with Crippen LogP contribution in [-0.2, 0) is 4.74 Å². The molecule has 1 N–H and O–H groups in total. The van der Waals surface area contributed by atoms with Crippen molar-refractivity contribution < 1.29 is 4.74 Å². The van der Waals surface area contributed by atoms with Crippen molar-refractivity contribution in [3.63, 3.8) is 0 Å². The second kappa shape index (κ2) is 7.65. The molecule has 84 valence electrons. The Labute approximate surface area is 99.4 Å². The van der Waals surface area contributed by atoms with Gasteiger partial charge in [-0.1, -0.05) is 13.3 Å². The zero-order valence-electron chi connectivity index (χ0n) is 9.00. The van der Waals surface area contributed by atoms with E-state index in [0.29, 0.717) is 0 Å². The van der Waals surface area contributed by atoms with Crippen molar-refractivity contribution >= 4 is 21.6 Å². The van der Waals surface area contributed by atoms with E-state index < -0.39 is 0 Å². The molecule has 0 fully saturated rings. The summed E-state index contributed by atoms with van der Waals surface area (Å²) in [5.74, 6) is 0. The van der Waals surface area contributed by atoms with Gasteiger partial charge in [0.2, 0.25) is 0 Å². The molecule has 15 heavy (non-hydrogen) atoms. The van der Waals surface area contributed by atoms with Gasteiger partial charge in [0.15, 0.2) is 0 Å². The summed E-state index contributed by atoms with van der Waals surface area (Å²) in [5, 5.41) is 3.24. The van der Waals surface area contributed by atoms with Gasteiger partial charge in [0.1, 0.15) is 0 Å². The monoisotopic (exact) mass is 272 g/mol. The molecule has 1 aromatic heterocycles. The average molecular weight is 273 g/mol. The van der Waals surface area contributed by atoms with Gasteiger partial charge in [-0.15, -0.1) is 0 Å². The number of rotatable bonds is 7. The van der Waals surface area contributed by atoms with E-state index in [-0.39, 0.29) is 0 Å². The molecule has 0 amide bonds. The third-order valence-electron chi connectivity index (χ3n) is 1.92. The highest BCUT2D eigenvalue weighted by molar-refractivity contribution is 9.10. The Hall–Kier alpha value is -0.610. The maximum Gasteiger partial charge on any atom is 0.0639 e. The SMILES string of the molecule is CCCCOCCNc1cncc(Br)c1. The van der Waals surface area contributed by atoms with Crippen LogP contribution in [0.3, 0.4) is 0 Å². The van der Waals surface area contributed by atoms with E-state index in [1.807, 2.05) is 6.07 Å². The summed E-state index contributed by atoms with van der Waals surface area (Å²) in [7, 11) is 0. The summed E-state index contributed by atoms with van der Waals surface area (Å²) in [5.41, 5.74) is 1.02. The highest BCUT2D eigenvalue weighted by atomic mass is 79.9. The maximum absolute atomic E-state index is 5.43. The molecule has 0 aromatic carbocycles.